The molecule has 2 rings (SSSR count). The average Bonchev–Trinajstić information content (AvgIpc) is 2.52. The highest BCUT2D eigenvalue weighted by Crippen LogP contribution is 2.22. The number of hydrogen-bond donors (Lipinski definition) is 1. The highest BCUT2D eigenvalue weighted by atomic mass is 16.5. The van der Waals surface area contributed by atoms with Gasteiger partial charge in [-0.2, -0.15) is 5.10 Å². The van der Waals surface area contributed by atoms with E-state index in [1.165, 1.54) is 4.68 Å². The fraction of sp³-hybridized carbons (Fsp3) is 0.412. The second-order valence-electron chi connectivity index (χ2n) is 5.12. The molecule has 0 aliphatic heterocycles. The lowest BCUT2D eigenvalue weighted by Gasteiger charge is -2.09. The summed E-state index contributed by atoms with van der Waals surface area (Å²) in [5, 5.41) is 7.62. The van der Waals surface area contributed by atoms with Crippen LogP contribution in [-0.2, 0) is 13.6 Å². The Morgan fingerprint density at radius 1 is 1.27 bits per heavy atom. The topological polar surface area (TPSA) is 56.1 Å². The molecular weight excluding hydrogens is 278 g/mol. The molecule has 1 N–H and O–H groups in total. The number of nitrogens with zero attached hydrogens (tertiary/aromatic N) is 2. The van der Waals surface area contributed by atoms with Gasteiger partial charge in [0.2, 0.25) is 0 Å². The molecule has 1 heterocycles. The fourth-order valence-corrected chi connectivity index (χ4v) is 2.25. The van der Waals surface area contributed by atoms with E-state index in [2.05, 4.69) is 17.3 Å². The number of aryl methyl sites for hydroxylation is 1. The molecular formula is C17H23N3O2. The molecule has 5 nitrogen and oxygen atoms in total. The molecule has 2 aromatic rings. The molecule has 0 atom stereocenters. The molecule has 0 saturated heterocycles. The van der Waals surface area contributed by atoms with Crippen molar-refractivity contribution >= 4 is 0 Å². The summed E-state index contributed by atoms with van der Waals surface area (Å²) >= 11 is 0. The summed E-state index contributed by atoms with van der Waals surface area (Å²) in [5.74, 6) is 0.807. The maximum atomic E-state index is 12.2. The van der Waals surface area contributed by atoms with Crippen LogP contribution in [0.4, 0.5) is 0 Å². The number of rotatable bonds is 7. The van der Waals surface area contributed by atoms with Crippen molar-refractivity contribution in [1.29, 1.82) is 0 Å². The molecule has 0 saturated carbocycles. The monoisotopic (exact) mass is 301 g/mol. The van der Waals surface area contributed by atoms with Crippen molar-refractivity contribution in [3.8, 4) is 17.0 Å². The molecule has 0 aliphatic carbocycles. The second-order valence-corrected chi connectivity index (χ2v) is 5.12. The van der Waals surface area contributed by atoms with Crippen LogP contribution in [0.15, 0.2) is 35.1 Å². The zero-order valence-corrected chi connectivity index (χ0v) is 13.4. The van der Waals surface area contributed by atoms with Gasteiger partial charge in [-0.05, 0) is 38.1 Å². The molecule has 5 heteroatoms. The van der Waals surface area contributed by atoms with Gasteiger partial charge in [0.1, 0.15) is 5.75 Å². The highest BCUT2D eigenvalue weighted by Gasteiger charge is 2.08. The molecule has 22 heavy (non-hydrogen) atoms. The lowest BCUT2D eigenvalue weighted by molar-refractivity contribution is 0.340. The number of ether oxygens (including phenoxy) is 1. The number of hydrogen-bond acceptors (Lipinski definition) is 4. The van der Waals surface area contributed by atoms with Gasteiger partial charge < -0.3 is 10.1 Å². The van der Waals surface area contributed by atoms with Crippen molar-refractivity contribution in [2.75, 3.05) is 13.2 Å². The molecule has 0 radical (unpaired) electrons. The van der Waals surface area contributed by atoms with Crippen molar-refractivity contribution in [2.45, 2.75) is 26.8 Å². The summed E-state index contributed by atoms with van der Waals surface area (Å²) in [5.41, 5.74) is 2.38. The first-order chi connectivity index (χ1) is 10.7. The Hall–Kier alpha value is -2.14. The summed E-state index contributed by atoms with van der Waals surface area (Å²) < 4.78 is 6.92. The second kappa shape index (κ2) is 7.75. The van der Waals surface area contributed by atoms with E-state index >= 15 is 0 Å². The highest BCUT2D eigenvalue weighted by molar-refractivity contribution is 5.61. The van der Waals surface area contributed by atoms with Gasteiger partial charge in [0.25, 0.3) is 5.56 Å². The number of aromatic nitrogens is 2. The van der Waals surface area contributed by atoms with Crippen molar-refractivity contribution in [3.05, 3.63) is 46.2 Å². The summed E-state index contributed by atoms with van der Waals surface area (Å²) in [7, 11) is 1.68. The van der Waals surface area contributed by atoms with Crippen LogP contribution >= 0.6 is 0 Å². The summed E-state index contributed by atoms with van der Waals surface area (Å²) in [6.07, 6.45) is 1.04. The van der Waals surface area contributed by atoms with Crippen LogP contribution in [0.1, 0.15) is 25.8 Å². The summed E-state index contributed by atoms with van der Waals surface area (Å²) in [4.78, 5) is 12.2. The molecule has 0 spiro atoms. The Balaban J connectivity index is 2.34. The van der Waals surface area contributed by atoms with Crippen molar-refractivity contribution < 1.29 is 4.74 Å². The van der Waals surface area contributed by atoms with Crippen LogP contribution in [0.2, 0.25) is 0 Å². The van der Waals surface area contributed by atoms with Crippen LogP contribution in [-0.4, -0.2) is 22.9 Å². The third-order valence-corrected chi connectivity index (χ3v) is 3.32. The van der Waals surface area contributed by atoms with Gasteiger partial charge in [-0.1, -0.05) is 19.1 Å². The Labute approximate surface area is 130 Å². The maximum absolute atomic E-state index is 12.2. The minimum atomic E-state index is -0.0617. The average molecular weight is 301 g/mol. The largest absolute Gasteiger partial charge is 0.494 e. The van der Waals surface area contributed by atoms with Gasteiger partial charge >= 0.3 is 0 Å². The van der Waals surface area contributed by atoms with Gasteiger partial charge in [0.15, 0.2) is 0 Å². The van der Waals surface area contributed by atoms with E-state index in [0.717, 1.165) is 35.5 Å². The first kappa shape index (κ1) is 16.2. The van der Waals surface area contributed by atoms with Crippen LogP contribution in [0, 0.1) is 0 Å². The minimum Gasteiger partial charge on any atom is -0.494 e. The molecule has 1 aromatic carbocycles. The summed E-state index contributed by atoms with van der Waals surface area (Å²) in [6, 6.07) is 9.62. The van der Waals surface area contributed by atoms with E-state index in [4.69, 9.17) is 4.74 Å². The van der Waals surface area contributed by atoms with E-state index in [1.807, 2.05) is 37.3 Å². The SMILES string of the molecule is CCCNCc1cc(-c2cccc(OCC)c2)nn(C)c1=O. The van der Waals surface area contributed by atoms with E-state index < -0.39 is 0 Å². The zero-order chi connectivity index (χ0) is 15.9. The number of nitrogens with one attached hydrogen (secondary N) is 1. The minimum absolute atomic E-state index is 0.0617. The lowest BCUT2D eigenvalue weighted by Crippen LogP contribution is -2.27. The third kappa shape index (κ3) is 3.95. The molecule has 0 unspecified atom stereocenters. The van der Waals surface area contributed by atoms with Gasteiger partial charge in [-0.3, -0.25) is 4.79 Å². The Bertz CT molecular complexity index is 680. The quantitative estimate of drug-likeness (QED) is 0.798. The first-order valence-electron chi connectivity index (χ1n) is 7.66. The maximum Gasteiger partial charge on any atom is 0.271 e. The number of benzene rings is 1. The van der Waals surface area contributed by atoms with Crippen molar-refractivity contribution in [2.24, 2.45) is 7.05 Å². The van der Waals surface area contributed by atoms with Crippen molar-refractivity contribution in [1.82, 2.24) is 15.1 Å². The lowest BCUT2D eigenvalue weighted by atomic mass is 10.1. The predicted octanol–water partition coefficient (Wildman–Crippen LogP) is 2.35. The van der Waals surface area contributed by atoms with Crippen molar-refractivity contribution in [3.63, 3.8) is 0 Å². The fourth-order valence-electron chi connectivity index (χ4n) is 2.25. The molecule has 0 fully saturated rings. The van der Waals surface area contributed by atoms with E-state index in [-0.39, 0.29) is 5.56 Å². The first-order valence-corrected chi connectivity index (χ1v) is 7.66. The Kier molecular flexibility index (Phi) is 5.72. The van der Waals surface area contributed by atoms with Crippen LogP contribution in [0.5, 0.6) is 5.75 Å². The molecule has 0 amide bonds. The van der Waals surface area contributed by atoms with E-state index in [0.29, 0.717) is 13.2 Å². The Morgan fingerprint density at radius 3 is 2.82 bits per heavy atom. The van der Waals surface area contributed by atoms with Gasteiger partial charge in [-0.25, -0.2) is 4.68 Å². The van der Waals surface area contributed by atoms with Crippen LogP contribution in [0.25, 0.3) is 11.3 Å². The van der Waals surface area contributed by atoms with Gasteiger partial charge in [0, 0.05) is 24.7 Å². The molecule has 118 valence electrons. The summed E-state index contributed by atoms with van der Waals surface area (Å²) in [6.45, 7) is 6.12. The standard InChI is InChI=1S/C17H23N3O2/c1-4-9-18-12-14-11-16(19-20(3)17(14)21)13-7-6-8-15(10-13)22-5-2/h6-8,10-11,18H,4-5,9,12H2,1-3H3. The zero-order valence-electron chi connectivity index (χ0n) is 13.4. The molecule has 1 aromatic heterocycles. The van der Waals surface area contributed by atoms with Crippen LogP contribution in [0.3, 0.4) is 0 Å². The normalized spacial score (nSPS) is 10.7. The smallest absolute Gasteiger partial charge is 0.271 e. The van der Waals surface area contributed by atoms with E-state index in [9.17, 15) is 4.79 Å². The third-order valence-electron chi connectivity index (χ3n) is 3.32. The van der Waals surface area contributed by atoms with Gasteiger partial charge in [-0.15, -0.1) is 0 Å². The molecule has 0 aliphatic rings. The van der Waals surface area contributed by atoms with Gasteiger partial charge in [0.05, 0.1) is 12.3 Å². The molecule has 0 bridgehead atoms. The van der Waals surface area contributed by atoms with E-state index in [1.54, 1.807) is 7.05 Å². The van der Waals surface area contributed by atoms with Crippen LogP contribution < -0.4 is 15.6 Å². The predicted molar refractivity (Wildman–Crippen MR) is 88.1 cm³/mol. The Morgan fingerprint density at radius 2 is 2.09 bits per heavy atom.